The van der Waals surface area contributed by atoms with Gasteiger partial charge in [0.05, 0.1) is 11.3 Å². The van der Waals surface area contributed by atoms with Crippen LogP contribution < -0.4 is 11.5 Å². The third-order valence-corrected chi connectivity index (χ3v) is 2.59. The van der Waals surface area contributed by atoms with Crippen molar-refractivity contribution in [3.05, 3.63) is 48.0 Å². The Labute approximate surface area is 102 Å². The first-order valence-electron chi connectivity index (χ1n) is 5.21. The number of hydrogen-bond acceptors (Lipinski definition) is 2. The molecule has 0 heterocycles. The number of hydrogen-bond donors (Lipinski definition) is 2. The highest BCUT2D eigenvalue weighted by atomic mass is 19.4. The van der Waals surface area contributed by atoms with Crippen molar-refractivity contribution < 1.29 is 13.2 Å². The molecular formula is C13H11F3N2. The molecule has 0 fully saturated rings. The smallest absolute Gasteiger partial charge is 0.399 e. The summed E-state index contributed by atoms with van der Waals surface area (Å²) in [5.41, 5.74) is 10.8. The molecule has 0 saturated heterocycles. The number of nitrogen functional groups attached to an aromatic ring is 2. The molecule has 0 atom stereocenters. The Morgan fingerprint density at radius 2 is 1.50 bits per heavy atom. The van der Waals surface area contributed by atoms with E-state index in [4.69, 9.17) is 11.5 Å². The molecule has 0 saturated carbocycles. The summed E-state index contributed by atoms with van der Waals surface area (Å²) in [6, 6.07) is 10.9. The van der Waals surface area contributed by atoms with Crippen LogP contribution in [0.2, 0.25) is 0 Å². The number of benzene rings is 2. The minimum Gasteiger partial charge on any atom is -0.399 e. The van der Waals surface area contributed by atoms with Crippen LogP contribution in [0.15, 0.2) is 42.5 Å². The Balaban J connectivity index is 2.67. The maximum atomic E-state index is 12.8. The molecule has 0 aliphatic rings. The van der Waals surface area contributed by atoms with E-state index in [0.717, 1.165) is 6.07 Å². The van der Waals surface area contributed by atoms with Gasteiger partial charge in [0.2, 0.25) is 0 Å². The van der Waals surface area contributed by atoms with Crippen molar-refractivity contribution in [3.8, 4) is 11.1 Å². The topological polar surface area (TPSA) is 52.0 Å². The van der Waals surface area contributed by atoms with Gasteiger partial charge in [0.25, 0.3) is 0 Å². The first kappa shape index (κ1) is 12.3. The van der Waals surface area contributed by atoms with Crippen molar-refractivity contribution in [1.29, 1.82) is 0 Å². The van der Waals surface area contributed by atoms with Crippen molar-refractivity contribution in [2.45, 2.75) is 6.18 Å². The minimum atomic E-state index is -4.51. The van der Waals surface area contributed by atoms with E-state index in [0.29, 0.717) is 11.1 Å². The van der Waals surface area contributed by atoms with Crippen LogP contribution in [-0.4, -0.2) is 0 Å². The number of anilines is 2. The Kier molecular flexibility index (Phi) is 2.90. The molecule has 5 heteroatoms. The van der Waals surface area contributed by atoms with Gasteiger partial charge in [-0.15, -0.1) is 0 Å². The first-order chi connectivity index (χ1) is 8.39. The number of rotatable bonds is 1. The Morgan fingerprint density at radius 3 is 2.06 bits per heavy atom. The van der Waals surface area contributed by atoms with Crippen molar-refractivity contribution in [3.63, 3.8) is 0 Å². The van der Waals surface area contributed by atoms with Crippen molar-refractivity contribution in [2.75, 3.05) is 11.5 Å². The average Bonchev–Trinajstić information content (AvgIpc) is 2.31. The van der Waals surface area contributed by atoms with E-state index in [1.165, 1.54) is 6.07 Å². The van der Waals surface area contributed by atoms with Gasteiger partial charge in [-0.2, -0.15) is 13.2 Å². The van der Waals surface area contributed by atoms with Crippen molar-refractivity contribution in [2.24, 2.45) is 0 Å². The average molecular weight is 252 g/mol. The Bertz CT molecular complexity index is 562. The molecule has 94 valence electrons. The van der Waals surface area contributed by atoms with Crippen LogP contribution >= 0.6 is 0 Å². The molecule has 4 N–H and O–H groups in total. The maximum absolute atomic E-state index is 12.8. The van der Waals surface area contributed by atoms with E-state index < -0.39 is 11.7 Å². The zero-order valence-corrected chi connectivity index (χ0v) is 9.33. The molecule has 0 amide bonds. The van der Waals surface area contributed by atoms with E-state index in [1.54, 1.807) is 30.3 Å². The molecule has 0 radical (unpaired) electrons. The minimum absolute atomic E-state index is 0.0374. The van der Waals surface area contributed by atoms with E-state index >= 15 is 0 Å². The second-order valence-electron chi connectivity index (χ2n) is 3.89. The van der Waals surface area contributed by atoms with Crippen LogP contribution in [0.5, 0.6) is 0 Å². The van der Waals surface area contributed by atoms with Gasteiger partial charge in [-0.25, -0.2) is 0 Å². The van der Waals surface area contributed by atoms with Gasteiger partial charge in [0.15, 0.2) is 0 Å². The van der Waals surface area contributed by atoms with Crippen LogP contribution in [0.4, 0.5) is 24.5 Å². The normalized spacial score (nSPS) is 11.5. The van der Waals surface area contributed by atoms with E-state index in [-0.39, 0.29) is 11.4 Å². The first-order valence-corrected chi connectivity index (χ1v) is 5.21. The molecule has 2 nitrogen and oxygen atoms in total. The third kappa shape index (κ3) is 2.25. The summed E-state index contributed by atoms with van der Waals surface area (Å²) in [5.74, 6) is 0. The highest BCUT2D eigenvalue weighted by Gasteiger charge is 2.34. The molecule has 0 bridgehead atoms. The fourth-order valence-electron chi connectivity index (χ4n) is 1.77. The fraction of sp³-hybridized carbons (Fsp3) is 0.0769. The van der Waals surface area contributed by atoms with Crippen molar-refractivity contribution in [1.82, 2.24) is 0 Å². The summed E-state index contributed by atoms with van der Waals surface area (Å²) in [6.07, 6.45) is -4.51. The summed E-state index contributed by atoms with van der Waals surface area (Å²) in [4.78, 5) is 0. The lowest BCUT2D eigenvalue weighted by molar-refractivity contribution is -0.136. The zero-order valence-electron chi connectivity index (χ0n) is 9.33. The zero-order chi connectivity index (χ0) is 13.3. The van der Waals surface area contributed by atoms with E-state index in [1.807, 2.05) is 0 Å². The maximum Gasteiger partial charge on any atom is 0.418 e. The Hall–Kier alpha value is -2.17. The molecule has 2 aromatic carbocycles. The summed E-state index contributed by atoms with van der Waals surface area (Å²) < 4.78 is 38.4. The lowest BCUT2D eigenvalue weighted by Crippen LogP contribution is -2.10. The van der Waals surface area contributed by atoms with Gasteiger partial charge in [0, 0.05) is 11.3 Å². The molecule has 0 aliphatic carbocycles. The number of halogens is 3. The number of alkyl halides is 3. The second kappa shape index (κ2) is 4.25. The standard InChI is InChI=1S/C13H11F3N2/c14-13(15,16)11-7-9(17)6-10(12(11)18)8-4-2-1-3-5-8/h1-7H,17-18H2. The molecule has 0 spiro atoms. The summed E-state index contributed by atoms with van der Waals surface area (Å²) >= 11 is 0. The quantitative estimate of drug-likeness (QED) is 0.763. The monoisotopic (exact) mass is 252 g/mol. The lowest BCUT2D eigenvalue weighted by Gasteiger charge is -2.15. The molecule has 18 heavy (non-hydrogen) atoms. The lowest BCUT2D eigenvalue weighted by atomic mass is 9.99. The Morgan fingerprint density at radius 1 is 0.889 bits per heavy atom. The SMILES string of the molecule is Nc1cc(-c2ccccc2)c(N)c(C(F)(F)F)c1. The van der Waals surface area contributed by atoms with Gasteiger partial charge in [-0.05, 0) is 17.7 Å². The van der Waals surface area contributed by atoms with Gasteiger partial charge in [0.1, 0.15) is 0 Å². The van der Waals surface area contributed by atoms with Crippen molar-refractivity contribution >= 4 is 11.4 Å². The largest absolute Gasteiger partial charge is 0.418 e. The summed E-state index contributed by atoms with van der Waals surface area (Å²) in [7, 11) is 0. The highest BCUT2D eigenvalue weighted by molar-refractivity contribution is 5.82. The summed E-state index contributed by atoms with van der Waals surface area (Å²) in [6.45, 7) is 0. The fourth-order valence-corrected chi connectivity index (χ4v) is 1.77. The van der Waals surface area contributed by atoms with Crippen LogP contribution in [0.3, 0.4) is 0 Å². The molecule has 2 rings (SSSR count). The predicted molar refractivity (Wildman–Crippen MR) is 65.7 cm³/mol. The van der Waals surface area contributed by atoms with E-state index in [9.17, 15) is 13.2 Å². The van der Waals surface area contributed by atoms with Crippen LogP contribution in [0.1, 0.15) is 5.56 Å². The predicted octanol–water partition coefficient (Wildman–Crippen LogP) is 3.54. The van der Waals surface area contributed by atoms with Gasteiger partial charge < -0.3 is 11.5 Å². The number of nitrogens with two attached hydrogens (primary N) is 2. The third-order valence-electron chi connectivity index (χ3n) is 2.59. The van der Waals surface area contributed by atoms with Crippen LogP contribution in [0, 0.1) is 0 Å². The highest BCUT2D eigenvalue weighted by Crippen LogP contribution is 2.40. The second-order valence-corrected chi connectivity index (χ2v) is 3.89. The van der Waals surface area contributed by atoms with Gasteiger partial charge in [-0.3, -0.25) is 0 Å². The molecular weight excluding hydrogens is 241 g/mol. The van der Waals surface area contributed by atoms with E-state index in [2.05, 4.69) is 0 Å². The molecule has 0 unspecified atom stereocenters. The molecule has 0 aliphatic heterocycles. The van der Waals surface area contributed by atoms with Gasteiger partial charge in [-0.1, -0.05) is 30.3 Å². The van der Waals surface area contributed by atoms with Crippen LogP contribution in [0.25, 0.3) is 11.1 Å². The van der Waals surface area contributed by atoms with Gasteiger partial charge >= 0.3 is 6.18 Å². The molecule has 0 aromatic heterocycles. The van der Waals surface area contributed by atoms with Crippen LogP contribution in [-0.2, 0) is 6.18 Å². The molecule has 2 aromatic rings. The summed E-state index contributed by atoms with van der Waals surface area (Å²) in [5, 5.41) is 0.